The van der Waals surface area contributed by atoms with Crippen LogP contribution in [0.4, 0.5) is 0 Å². The molecular weight excluding hydrogens is 282 g/mol. The largest absolute Gasteiger partial charge is 0.484 e. The van der Waals surface area contributed by atoms with Gasteiger partial charge in [-0.3, -0.25) is 4.79 Å². The molecule has 1 aliphatic rings. The molecule has 5 nitrogen and oxygen atoms in total. The zero-order valence-electron chi connectivity index (χ0n) is 13.4. The van der Waals surface area contributed by atoms with Crippen molar-refractivity contribution in [2.75, 3.05) is 13.7 Å². The van der Waals surface area contributed by atoms with Crippen LogP contribution in [0.2, 0.25) is 0 Å². The molecule has 0 spiro atoms. The van der Waals surface area contributed by atoms with Crippen LogP contribution in [0.25, 0.3) is 0 Å². The fourth-order valence-electron chi connectivity index (χ4n) is 2.50. The molecule has 120 valence electrons. The number of rotatable bonds is 5. The van der Waals surface area contributed by atoms with Crippen molar-refractivity contribution >= 4 is 11.9 Å². The fourth-order valence-corrected chi connectivity index (χ4v) is 2.50. The zero-order chi connectivity index (χ0) is 16.3. The average molecular weight is 305 g/mol. The summed E-state index contributed by atoms with van der Waals surface area (Å²) in [4.78, 5) is 24.5. The quantitative estimate of drug-likeness (QED) is 0.906. The minimum absolute atomic E-state index is 0.161. The maximum atomic E-state index is 12.1. The van der Waals surface area contributed by atoms with Gasteiger partial charge in [0.15, 0.2) is 6.61 Å². The second-order valence-electron chi connectivity index (χ2n) is 6.24. The van der Waals surface area contributed by atoms with E-state index in [-0.39, 0.29) is 12.5 Å². The van der Waals surface area contributed by atoms with Gasteiger partial charge in [0.1, 0.15) is 11.3 Å². The van der Waals surface area contributed by atoms with E-state index in [1.165, 1.54) is 49.8 Å². The van der Waals surface area contributed by atoms with Crippen LogP contribution >= 0.6 is 0 Å². The molecule has 1 aromatic rings. The van der Waals surface area contributed by atoms with Gasteiger partial charge < -0.3 is 14.7 Å². The molecule has 0 saturated heterocycles. The van der Waals surface area contributed by atoms with Crippen LogP contribution in [0.1, 0.15) is 37.8 Å². The molecule has 0 aliphatic heterocycles. The monoisotopic (exact) mass is 305 g/mol. The number of carboxylic acid groups (broad SMARTS) is 1. The minimum atomic E-state index is -1.25. The van der Waals surface area contributed by atoms with Crippen molar-refractivity contribution in [3.05, 3.63) is 29.3 Å². The number of aliphatic carboxylic acids is 1. The van der Waals surface area contributed by atoms with Gasteiger partial charge >= 0.3 is 5.97 Å². The second kappa shape index (κ2) is 6.38. The number of fused-ring (bicyclic) bond motifs is 1. The van der Waals surface area contributed by atoms with Crippen LogP contribution in [0.15, 0.2) is 18.2 Å². The number of hydrogen-bond donors (Lipinski definition) is 1. The zero-order valence-corrected chi connectivity index (χ0v) is 13.4. The summed E-state index contributed by atoms with van der Waals surface area (Å²) in [6.07, 6.45) is 4.56. The van der Waals surface area contributed by atoms with E-state index >= 15 is 0 Å². The smallest absolute Gasteiger partial charge is 0.329 e. The molecule has 0 radical (unpaired) electrons. The van der Waals surface area contributed by atoms with Gasteiger partial charge in [0, 0.05) is 7.05 Å². The predicted molar refractivity (Wildman–Crippen MR) is 83.1 cm³/mol. The Morgan fingerprint density at radius 2 is 1.86 bits per heavy atom. The molecule has 0 unspecified atom stereocenters. The molecule has 0 heterocycles. The first kappa shape index (κ1) is 16.3. The summed E-state index contributed by atoms with van der Waals surface area (Å²) in [7, 11) is 1.48. The van der Waals surface area contributed by atoms with Crippen LogP contribution in [-0.4, -0.2) is 41.1 Å². The third-order valence-electron chi connectivity index (χ3n) is 4.42. The highest BCUT2D eigenvalue weighted by atomic mass is 16.5. The molecule has 0 aromatic heterocycles. The lowest BCUT2D eigenvalue weighted by Gasteiger charge is -2.31. The predicted octanol–water partition coefficient (Wildman–Crippen LogP) is 2.27. The third-order valence-corrected chi connectivity index (χ3v) is 4.42. The summed E-state index contributed by atoms with van der Waals surface area (Å²) >= 11 is 0. The molecule has 1 aromatic carbocycles. The lowest BCUT2D eigenvalue weighted by atomic mass is 9.92. The molecule has 0 saturated carbocycles. The van der Waals surface area contributed by atoms with Gasteiger partial charge in [-0.2, -0.15) is 0 Å². The van der Waals surface area contributed by atoms with E-state index in [2.05, 4.69) is 6.07 Å². The topological polar surface area (TPSA) is 66.8 Å². The normalized spacial score (nSPS) is 14.1. The van der Waals surface area contributed by atoms with Gasteiger partial charge in [-0.1, -0.05) is 6.07 Å². The summed E-state index contributed by atoms with van der Waals surface area (Å²) in [5.74, 6) is -0.738. The Bertz CT molecular complexity index is 580. The van der Waals surface area contributed by atoms with Crippen LogP contribution < -0.4 is 4.74 Å². The highest BCUT2D eigenvalue weighted by Crippen LogP contribution is 2.25. The lowest BCUT2D eigenvalue weighted by Crippen LogP contribution is -2.52. The summed E-state index contributed by atoms with van der Waals surface area (Å²) < 4.78 is 5.55. The first-order valence-corrected chi connectivity index (χ1v) is 7.57. The Balaban J connectivity index is 1.98. The van der Waals surface area contributed by atoms with E-state index in [4.69, 9.17) is 9.84 Å². The van der Waals surface area contributed by atoms with Crippen molar-refractivity contribution in [1.29, 1.82) is 0 Å². The van der Waals surface area contributed by atoms with E-state index in [0.29, 0.717) is 5.75 Å². The van der Waals surface area contributed by atoms with Gasteiger partial charge in [-0.25, -0.2) is 4.79 Å². The van der Waals surface area contributed by atoms with E-state index in [1.807, 2.05) is 12.1 Å². The van der Waals surface area contributed by atoms with Gasteiger partial charge in [0.2, 0.25) is 0 Å². The molecule has 0 bridgehead atoms. The molecule has 0 atom stereocenters. The number of nitrogens with zero attached hydrogens (tertiary/aromatic N) is 1. The van der Waals surface area contributed by atoms with Gasteiger partial charge in [-0.05, 0) is 62.8 Å². The van der Waals surface area contributed by atoms with Crippen molar-refractivity contribution in [2.45, 2.75) is 45.1 Å². The van der Waals surface area contributed by atoms with Crippen LogP contribution in [-0.2, 0) is 22.4 Å². The first-order chi connectivity index (χ1) is 10.3. The lowest BCUT2D eigenvalue weighted by molar-refractivity contribution is -0.156. The number of benzene rings is 1. The van der Waals surface area contributed by atoms with Crippen LogP contribution in [0, 0.1) is 0 Å². The van der Waals surface area contributed by atoms with Gasteiger partial charge in [0.25, 0.3) is 5.91 Å². The molecular formula is C17H23NO4. The molecule has 22 heavy (non-hydrogen) atoms. The number of hydrogen-bond acceptors (Lipinski definition) is 3. The van der Waals surface area contributed by atoms with Crippen molar-refractivity contribution in [2.24, 2.45) is 0 Å². The second-order valence-corrected chi connectivity index (χ2v) is 6.24. The van der Waals surface area contributed by atoms with E-state index in [9.17, 15) is 9.59 Å². The summed E-state index contributed by atoms with van der Waals surface area (Å²) in [6.45, 7) is 2.82. The number of likely N-dealkylation sites (N-methyl/N-ethyl adjacent to an activating group) is 1. The summed E-state index contributed by atoms with van der Waals surface area (Å²) in [6, 6.07) is 5.92. The number of carbonyl (C=O) groups is 2. The Morgan fingerprint density at radius 1 is 1.23 bits per heavy atom. The Kier molecular flexibility index (Phi) is 4.74. The van der Waals surface area contributed by atoms with Crippen LogP contribution in [0.3, 0.4) is 0 Å². The highest BCUT2D eigenvalue weighted by molar-refractivity contribution is 5.86. The van der Waals surface area contributed by atoms with Gasteiger partial charge in [0.05, 0.1) is 0 Å². The number of amides is 1. The Labute approximate surface area is 130 Å². The molecule has 1 aliphatic carbocycles. The van der Waals surface area contributed by atoms with Crippen LogP contribution in [0.5, 0.6) is 5.75 Å². The SMILES string of the molecule is CN(C(=O)COc1ccc2c(c1)CCCC2)C(C)(C)C(=O)O. The minimum Gasteiger partial charge on any atom is -0.484 e. The molecule has 1 N–H and O–H groups in total. The highest BCUT2D eigenvalue weighted by Gasteiger charge is 2.35. The molecule has 0 fully saturated rings. The van der Waals surface area contributed by atoms with Crippen molar-refractivity contribution in [1.82, 2.24) is 4.90 Å². The molecule has 2 rings (SSSR count). The number of carboxylic acids is 1. The van der Waals surface area contributed by atoms with E-state index in [0.717, 1.165) is 12.8 Å². The van der Waals surface area contributed by atoms with E-state index < -0.39 is 11.5 Å². The average Bonchev–Trinajstić information content (AvgIpc) is 2.51. The summed E-state index contributed by atoms with van der Waals surface area (Å²) in [5, 5.41) is 9.14. The third kappa shape index (κ3) is 3.40. The number of ether oxygens (including phenoxy) is 1. The van der Waals surface area contributed by atoms with Crippen molar-refractivity contribution < 1.29 is 19.4 Å². The standard InChI is InChI=1S/C17H23NO4/c1-17(2,16(20)21)18(3)15(19)11-22-14-9-8-12-6-4-5-7-13(12)10-14/h8-10H,4-7,11H2,1-3H3,(H,20,21). The van der Waals surface area contributed by atoms with Crippen molar-refractivity contribution in [3.8, 4) is 5.75 Å². The summed E-state index contributed by atoms with van der Waals surface area (Å²) in [5.41, 5.74) is 1.39. The number of aryl methyl sites for hydroxylation is 2. The molecule has 1 amide bonds. The maximum absolute atomic E-state index is 12.1. The number of carbonyl (C=O) groups excluding carboxylic acids is 1. The first-order valence-electron chi connectivity index (χ1n) is 7.57. The van der Waals surface area contributed by atoms with Gasteiger partial charge in [-0.15, -0.1) is 0 Å². The Hall–Kier alpha value is -2.04. The van der Waals surface area contributed by atoms with E-state index in [1.54, 1.807) is 0 Å². The molecule has 5 heteroatoms. The maximum Gasteiger partial charge on any atom is 0.329 e. The Morgan fingerprint density at radius 3 is 2.50 bits per heavy atom. The fraction of sp³-hybridized carbons (Fsp3) is 0.529. The van der Waals surface area contributed by atoms with Crippen molar-refractivity contribution in [3.63, 3.8) is 0 Å².